The molecule has 0 unspecified atom stereocenters. The molecule has 3 nitrogen and oxygen atoms in total. The number of hydrogen-bond acceptors (Lipinski definition) is 2. The van der Waals surface area contributed by atoms with Crippen LogP contribution in [0.1, 0.15) is 32.6 Å². The van der Waals surface area contributed by atoms with E-state index in [1.165, 1.54) is 31.4 Å². The topological polar surface area (TPSA) is 33.3 Å². The Morgan fingerprint density at radius 3 is 2.40 bits per heavy atom. The molecule has 6 heteroatoms. The Kier molecular flexibility index (Phi) is 7.95. The molecule has 0 radical (unpaired) electrons. The first kappa shape index (κ1) is 19.5. The summed E-state index contributed by atoms with van der Waals surface area (Å²) in [7, 11) is 0. The second-order valence-corrected chi connectivity index (χ2v) is 6.46. The third kappa shape index (κ3) is 6.88. The molecule has 2 aromatic rings. The van der Waals surface area contributed by atoms with Crippen molar-refractivity contribution in [3.63, 3.8) is 0 Å². The van der Waals surface area contributed by atoms with Crippen molar-refractivity contribution in [1.29, 1.82) is 0 Å². The normalized spacial score (nSPS) is 10.4. The fourth-order valence-electron chi connectivity index (χ4n) is 2.22. The number of thiocarbonyl (C=S) groups is 1. The van der Waals surface area contributed by atoms with Gasteiger partial charge in [0.05, 0.1) is 11.6 Å². The molecule has 0 spiro atoms. The summed E-state index contributed by atoms with van der Waals surface area (Å²) in [4.78, 5) is 0. The van der Waals surface area contributed by atoms with Crippen LogP contribution in [0.25, 0.3) is 0 Å². The average molecular weight is 381 g/mol. The van der Waals surface area contributed by atoms with Gasteiger partial charge in [0, 0.05) is 11.4 Å². The van der Waals surface area contributed by atoms with Crippen molar-refractivity contribution in [3.8, 4) is 5.75 Å². The van der Waals surface area contributed by atoms with E-state index in [-0.39, 0.29) is 5.02 Å². The smallest absolute Gasteiger partial charge is 0.175 e. The van der Waals surface area contributed by atoms with E-state index in [1.54, 1.807) is 6.07 Å². The van der Waals surface area contributed by atoms with E-state index in [1.807, 2.05) is 24.3 Å². The van der Waals surface area contributed by atoms with E-state index in [9.17, 15) is 4.39 Å². The minimum atomic E-state index is -0.462. The maximum Gasteiger partial charge on any atom is 0.175 e. The third-order valence-corrected chi connectivity index (χ3v) is 4.05. The predicted molar refractivity (Wildman–Crippen MR) is 107 cm³/mol. The molecule has 0 heterocycles. The van der Waals surface area contributed by atoms with Gasteiger partial charge in [-0.05, 0) is 61.1 Å². The van der Waals surface area contributed by atoms with Crippen molar-refractivity contribution < 1.29 is 9.13 Å². The highest BCUT2D eigenvalue weighted by Gasteiger charge is 2.03. The van der Waals surface area contributed by atoms with Crippen molar-refractivity contribution in [3.05, 3.63) is 53.3 Å². The van der Waals surface area contributed by atoms with Gasteiger partial charge in [-0.2, -0.15) is 0 Å². The van der Waals surface area contributed by atoms with Crippen LogP contribution in [-0.4, -0.2) is 11.7 Å². The largest absolute Gasteiger partial charge is 0.494 e. The molecule has 134 valence electrons. The Labute approximate surface area is 158 Å². The molecule has 0 aliphatic heterocycles. The van der Waals surface area contributed by atoms with Gasteiger partial charge >= 0.3 is 0 Å². The Balaban J connectivity index is 1.79. The summed E-state index contributed by atoms with van der Waals surface area (Å²) in [6.45, 7) is 2.93. The lowest BCUT2D eigenvalue weighted by Crippen LogP contribution is -2.19. The Morgan fingerprint density at radius 1 is 1.04 bits per heavy atom. The fraction of sp³-hybridized carbons (Fsp3) is 0.316. The minimum absolute atomic E-state index is 0.0493. The molecule has 2 rings (SSSR count). The van der Waals surface area contributed by atoms with Crippen LogP contribution in [0.3, 0.4) is 0 Å². The number of ether oxygens (including phenoxy) is 1. The van der Waals surface area contributed by atoms with Crippen molar-refractivity contribution in [2.45, 2.75) is 32.6 Å². The molecule has 0 fully saturated rings. The molecule has 25 heavy (non-hydrogen) atoms. The summed E-state index contributed by atoms with van der Waals surface area (Å²) in [5.74, 6) is 0.377. The zero-order valence-electron chi connectivity index (χ0n) is 14.1. The number of unbranched alkanes of at least 4 members (excludes halogenated alkanes) is 3. The molecule has 2 N–H and O–H groups in total. The summed E-state index contributed by atoms with van der Waals surface area (Å²) in [5.41, 5.74) is 1.46. The lowest BCUT2D eigenvalue weighted by molar-refractivity contribution is 0.305. The molecule has 0 aliphatic carbocycles. The van der Waals surface area contributed by atoms with E-state index in [2.05, 4.69) is 17.6 Å². The monoisotopic (exact) mass is 380 g/mol. The van der Waals surface area contributed by atoms with Gasteiger partial charge in [-0.1, -0.05) is 37.8 Å². The predicted octanol–water partition coefficient (Wildman–Crippen LogP) is 6.25. The lowest BCUT2D eigenvalue weighted by atomic mass is 10.2. The SMILES string of the molecule is CCCCCCOc1ccc(NC(=S)Nc2ccc(F)c(Cl)c2)cc1. The van der Waals surface area contributed by atoms with Gasteiger partial charge in [0.1, 0.15) is 11.6 Å². The maximum absolute atomic E-state index is 13.2. The molecule has 0 saturated heterocycles. The van der Waals surface area contributed by atoms with Gasteiger partial charge in [0.25, 0.3) is 0 Å². The zero-order valence-corrected chi connectivity index (χ0v) is 15.7. The summed E-state index contributed by atoms with van der Waals surface area (Å²) < 4.78 is 18.9. The Bertz CT molecular complexity index is 694. The standard InChI is InChI=1S/C19H22ClFN2OS/c1-2-3-4-5-12-24-16-9-6-14(7-10-16)22-19(25)23-15-8-11-18(21)17(20)13-15/h6-11,13H,2-5,12H2,1H3,(H2,22,23,25). The van der Waals surface area contributed by atoms with Crippen molar-refractivity contribution >= 4 is 40.3 Å². The summed E-state index contributed by atoms with van der Waals surface area (Å²) >= 11 is 11.0. The molecule has 0 aromatic heterocycles. The first-order valence-corrected chi connectivity index (χ1v) is 9.13. The second kappa shape index (κ2) is 10.2. The minimum Gasteiger partial charge on any atom is -0.494 e. The van der Waals surface area contributed by atoms with E-state index >= 15 is 0 Å². The van der Waals surface area contributed by atoms with Crippen molar-refractivity contribution in [1.82, 2.24) is 0 Å². The molecule has 0 aliphatic rings. The van der Waals surface area contributed by atoms with Crippen LogP contribution < -0.4 is 15.4 Å². The number of anilines is 2. The van der Waals surface area contributed by atoms with Crippen LogP contribution in [0.2, 0.25) is 5.02 Å². The molecular formula is C19H22ClFN2OS. The van der Waals surface area contributed by atoms with Crippen LogP contribution in [0, 0.1) is 5.82 Å². The number of halogens is 2. The quantitative estimate of drug-likeness (QED) is 0.419. The average Bonchev–Trinajstić information content (AvgIpc) is 2.59. The Hall–Kier alpha value is -1.85. The van der Waals surface area contributed by atoms with Gasteiger partial charge in [-0.3, -0.25) is 0 Å². The van der Waals surface area contributed by atoms with E-state index in [0.717, 1.165) is 24.5 Å². The summed E-state index contributed by atoms with van der Waals surface area (Å²) in [6.07, 6.45) is 4.74. The van der Waals surface area contributed by atoms with Crippen LogP contribution in [0.4, 0.5) is 15.8 Å². The van der Waals surface area contributed by atoms with Crippen LogP contribution in [0.15, 0.2) is 42.5 Å². The van der Waals surface area contributed by atoms with Crippen LogP contribution in [0.5, 0.6) is 5.75 Å². The van der Waals surface area contributed by atoms with E-state index in [4.69, 9.17) is 28.6 Å². The van der Waals surface area contributed by atoms with Crippen LogP contribution >= 0.6 is 23.8 Å². The first-order valence-electron chi connectivity index (χ1n) is 8.34. The number of benzene rings is 2. The highest BCUT2D eigenvalue weighted by atomic mass is 35.5. The van der Waals surface area contributed by atoms with Crippen LogP contribution in [-0.2, 0) is 0 Å². The molecule has 0 saturated carbocycles. The second-order valence-electron chi connectivity index (χ2n) is 5.64. The lowest BCUT2D eigenvalue weighted by Gasteiger charge is -2.12. The van der Waals surface area contributed by atoms with Gasteiger partial charge in [0.15, 0.2) is 5.11 Å². The first-order chi connectivity index (χ1) is 12.1. The van der Waals surface area contributed by atoms with Gasteiger partial charge < -0.3 is 15.4 Å². The zero-order chi connectivity index (χ0) is 18.1. The highest BCUT2D eigenvalue weighted by Crippen LogP contribution is 2.20. The van der Waals surface area contributed by atoms with E-state index < -0.39 is 5.82 Å². The van der Waals surface area contributed by atoms with Crippen molar-refractivity contribution in [2.75, 3.05) is 17.2 Å². The molecule has 2 aromatic carbocycles. The number of hydrogen-bond donors (Lipinski definition) is 2. The summed E-state index contributed by atoms with van der Waals surface area (Å²) in [6, 6.07) is 11.9. The molecule has 0 amide bonds. The Morgan fingerprint density at radius 2 is 1.72 bits per heavy atom. The fourth-order valence-corrected chi connectivity index (χ4v) is 2.64. The highest BCUT2D eigenvalue weighted by molar-refractivity contribution is 7.80. The van der Waals surface area contributed by atoms with Gasteiger partial charge in [-0.25, -0.2) is 4.39 Å². The maximum atomic E-state index is 13.2. The molecule has 0 atom stereocenters. The summed E-state index contributed by atoms with van der Waals surface area (Å²) in [5, 5.41) is 6.48. The number of rotatable bonds is 8. The van der Waals surface area contributed by atoms with Crippen molar-refractivity contribution in [2.24, 2.45) is 0 Å². The van der Waals surface area contributed by atoms with Gasteiger partial charge in [0.2, 0.25) is 0 Å². The van der Waals surface area contributed by atoms with Gasteiger partial charge in [-0.15, -0.1) is 0 Å². The molecule has 0 bridgehead atoms. The van der Waals surface area contributed by atoms with E-state index in [0.29, 0.717) is 10.8 Å². The third-order valence-electron chi connectivity index (χ3n) is 3.56. The number of nitrogens with one attached hydrogen (secondary N) is 2. The molecular weight excluding hydrogens is 359 g/mol.